The molecule has 0 aliphatic rings. The molecule has 0 saturated carbocycles. The molecule has 0 bridgehead atoms. The molecule has 0 atom stereocenters. The fourth-order valence-corrected chi connectivity index (χ4v) is 4.00. The van der Waals surface area contributed by atoms with Crippen molar-refractivity contribution in [2.75, 3.05) is 0 Å². The minimum Gasteiger partial charge on any atom is -0.303 e. The molecular weight excluding hydrogens is 355 g/mol. The van der Waals surface area contributed by atoms with E-state index in [1.54, 1.807) is 0 Å². The summed E-state index contributed by atoms with van der Waals surface area (Å²) in [6.07, 6.45) is 0. The van der Waals surface area contributed by atoms with Gasteiger partial charge < -0.3 is 14.7 Å². The van der Waals surface area contributed by atoms with E-state index < -0.39 is 41.7 Å². The van der Waals surface area contributed by atoms with Gasteiger partial charge in [0.05, 0.1) is 0 Å². The molecule has 5 nitrogen and oxygen atoms in total. The smallest absolute Gasteiger partial charge is 0.303 e. The van der Waals surface area contributed by atoms with Crippen LogP contribution >= 0.6 is 7.82 Å². The van der Waals surface area contributed by atoms with E-state index in [1.807, 2.05) is 0 Å². The zero-order valence-corrected chi connectivity index (χ0v) is 19.0. The maximum absolute atomic E-state index is 10.6. The summed E-state index contributed by atoms with van der Waals surface area (Å²) < 4.78 is 11.6. The van der Waals surface area contributed by atoms with E-state index in [9.17, 15) is 5.11 Å². The van der Waals surface area contributed by atoms with E-state index in [1.165, 1.54) is 10.6 Å². The predicted octanol–water partition coefficient (Wildman–Crippen LogP) is 3.70. The fraction of sp³-hybridized carbons (Fsp3) is 0.647. The van der Waals surface area contributed by atoms with Crippen LogP contribution in [0.4, 0.5) is 0 Å². The Labute approximate surface area is 164 Å². The molecule has 4 N–H and O–H groups in total. The summed E-state index contributed by atoms with van der Waals surface area (Å²) in [6.45, 7) is 15.4. The van der Waals surface area contributed by atoms with E-state index in [4.69, 9.17) is 19.2 Å². The second-order valence-electron chi connectivity index (χ2n) is 8.16. The first-order valence-electron chi connectivity index (χ1n) is 8.22. The number of hydrogen-bond donors (Lipinski definition) is 4. The van der Waals surface area contributed by atoms with Crippen molar-refractivity contribution in [3.8, 4) is 5.75 Å². The molecule has 1 aromatic carbocycles. The van der Waals surface area contributed by atoms with Crippen LogP contribution in [0.25, 0.3) is 0 Å². The number of benzene rings is 1. The van der Waals surface area contributed by atoms with Gasteiger partial charge in [-0.2, -0.15) is 0 Å². The van der Waals surface area contributed by atoms with Crippen LogP contribution in [0, 0.1) is 0 Å². The Morgan fingerprint density at radius 3 is 1.54 bits per heavy atom. The zero-order valence-electron chi connectivity index (χ0n) is 15.9. The van der Waals surface area contributed by atoms with Crippen molar-refractivity contribution >= 4 is 41.7 Å². The number of aromatic hydroxyl groups is 1. The fourth-order valence-electron chi connectivity index (χ4n) is 2.36. The topological polar surface area (TPSA) is 98.0 Å². The van der Waals surface area contributed by atoms with Gasteiger partial charge in [-0.3, -0.25) is 0 Å². The number of phenols is 1. The molecule has 7 heteroatoms. The quantitative estimate of drug-likeness (QED) is 0.469. The molecule has 0 amide bonds. The molecule has 1 aromatic rings. The second-order valence-corrected chi connectivity index (χ2v) is 12.6. The van der Waals surface area contributed by atoms with Crippen LogP contribution in [-0.2, 0) is 17.9 Å². The largest absolute Gasteiger partial charge is 0.466 e. The summed E-state index contributed by atoms with van der Waals surface area (Å²) >= 11 is -0.409. The Hall–Kier alpha value is 0.390. The second kappa shape index (κ2) is 9.36. The Kier molecular flexibility index (Phi) is 9.51. The zero-order chi connectivity index (χ0) is 19.3. The average molecular weight is 386 g/mol. The van der Waals surface area contributed by atoms with E-state index in [0.717, 1.165) is 11.1 Å². The molecule has 136 valence electrons. The van der Waals surface area contributed by atoms with Crippen LogP contribution < -0.4 is 0 Å². The summed E-state index contributed by atoms with van der Waals surface area (Å²) in [5, 5.41) is 10.6. The van der Waals surface area contributed by atoms with Gasteiger partial charge >= 0.3 is 146 Å². The maximum Gasteiger partial charge on any atom is 0.466 e. The molecule has 0 heterocycles. The SMILES string of the molecule is C[CH2][Ca][CH2]c1cc(C(C)(C)C)c(O)c(C(C)(C)C)c1.O=P(O)(O)O. The van der Waals surface area contributed by atoms with Crippen molar-refractivity contribution in [1.82, 2.24) is 0 Å². The van der Waals surface area contributed by atoms with Crippen LogP contribution in [0.1, 0.15) is 65.2 Å². The third kappa shape index (κ3) is 9.76. The van der Waals surface area contributed by atoms with Crippen molar-refractivity contribution < 1.29 is 24.4 Å². The Balaban J connectivity index is 0.000000922. The molecule has 0 aliphatic heterocycles. The van der Waals surface area contributed by atoms with Crippen LogP contribution in [0.2, 0.25) is 2.52 Å². The average Bonchev–Trinajstić information content (AvgIpc) is 2.32. The Morgan fingerprint density at radius 2 is 1.29 bits per heavy atom. The number of phenolic OH excluding ortho intramolecular Hbond substituents is 1. The molecule has 0 radical (unpaired) electrons. The van der Waals surface area contributed by atoms with Gasteiger partial charge in [-0.15, -0.1) is 0 Å². The van der Waals surface area contributed by atoms with Crippen LogP contribution in [0.3, 0.4) is 0 Å². The van der Waals surface area contributed by atoms with Gasteiger partial charge in [0, 0.05) is 0 Å². The summed E-state index contributed by atoms with van der Waals surface area (Å²) in [6, 6.07) is 4.48. The van der Waals surface area contributed by atoms with Crippen LogP contribution in [0.15, 0.2) is 12.1 Å². The van der Waals surface area contributed by atoms with Crippen molar-refractivity contribution in [3.05, 3.63) is 28.8 Å². The van der Waals surface area contributed by atoms with E-state index in [2.05, 4.69) is 60.6 Å². The van der Waals surface area contributed by atoms with Crippen LogP contribution in [-0.4, -0.2) is 53.6 Å². The molecule has 0 saturated heterocycles. The first kappa shape index (κ1) is 24.4. The van der Waals surface area contributed by atoms with Gasteiger partial charge in [0.25, 0.3) is 0 Å². The van der Waals surface area contributed by atoms with Gasteiger partial charge in [0.15, 0.2) is 0 Å². The third-order valence-electron chi connectivity index (χ3n) is 3.60. The number of rotatable bonds is 3. The minimum atomic E-state index is -4.64. The normalized spacial score (nSPS) is 12.2. The van der Waals surface area contributed by atoms with Gasteiger partial charge in [-0.1, -0.05) is 0 Å². The summed E-state index contributed by atoms with van der Waals surface area (Å²) in [5.74, 6) is 0.507. The summed E-state index contributed by atoms with van der Waals surface area (Å²) in [4.78, 5) is 21.6. The molecular formula is C17H31CaO5P. The van der Waals surface area contributed by atoms with E-state index >= 15 is 0 Å². The number of hydrogen-bond acceptors (Lipinski definition) is 2. The van der Waals surface area contributed by atoms with Crippen molar-refractivity contribution in [1.29, 1.82) is 0 Å². The standard InChI is InChI=1S/C15H23O.C2H5.Ca.H3O4P/c1-10-8-11(14(2,3)4)13(16)12(9-10)15(5,6)7;1-2;;1-5(2,3)4/h8-9,16H,1H2,2-7H3;1H2,2H3;;(H3,1,2,3,4). The molecule has 0 spiro atoms. The summed E-state index contributed by atoms with van der Waals surface area (Å²) in [7, 11) is -4.64. The van der Waals surface area contributed by atoms with Gasteiger partial charge in [-0.25, -0.2) is 4.57 Å². The van der Waals surface area contributed by atoms with Gasteiger partial charge in [-0.05, 0) is 0 Å². The minimum absolute atomic E-state index is 0.000687. The van der Waals surface area contributed by atoms with Crippen molar-refractivity contribution in [2.24, 2.45) is 0 Å². The molecule has 0 aromatic heterocycles. The third-order valence-corrected chi connectivity index (χ3v) is 6.16. The predicted molar refractivity (Wildman–Crippen MR) is 99.7 cm³/mol. The Morgan fingerprint density at radius 1 is 0.958 bits per heavy atom. The summed E-state index contributed by atoms with van der Waals surface area (Å²) in [5.41, 5.74) is 3.65. The van der Waals surface area contributed by atoms with Gasteiger partial charge in [0.2, 0.25) is 0 Å². The van der Waals surface area contributed by atoms with E-state index in [-0.39, 0.29) is 10.8 Å². The van der Waals surface area contributed by atoms with Crippen molar-refractivity contribution in [2.45, 2.75) is 64.3 Å². The first-order valence-corrected chi connectivity index (χ1v) is 12.9. The molecule has 0 aliphatic carbocycles. The maximum atomic E-state index is 10.6. The molecule has 0 unspecified atom stereocenters. The molecule has 1 rings (SSSR count). The van der Waals surface area contributed by atoms with Gasteiger partial charge in [0.1, 0.15) is 0 Å². The Bertz CT molecular complexity index is 538. The van der Waals surface area contributed by atoms with Crippen LogP contribution in [0.5, 0.6) is 5.75 Å². The first-order chi connectivity index (χ1) is 10.6. The molecule has 0 fully saturated rings. The van der Waals surface area contributed by atoms with Crippen molar-refractivity contribution in [3.63, 3.8) is 0 Å². The molecule has 24 heavy (non-hydrogen) atoms. The van der Waals surface area contributed by atoms with E-state index in [0.29, 0.717) is 5.75 Å². The number of phosphoric acid groups is 1. The monoisotopic (exact) mass is 386 g/mol.